The first-order valence-corrected chi connectivity index (χ1v) is 2.85. The number of nitrogens with zero attached hydrogens (tertiary/aromatic N) is 1. The van der Waals surface area contributed by atoms with Crippen LogP contribution in [0.3, 0.4) is 0 Å². The molecule has 0 rings (SSSR count). The van der Waals surface area contributed by atoms with Gasteiger partial charge in [0.05, 0.1) is 21.1 Å². The van der Waals surface area contributed by atoms with E-state index >= 15 is 0 Å². The number of hydrogen-bond donors (Lipinski definition) is 0. The van der Waals surface area contributed by atoms with Gasteiger partial charge in [0.1, 0.15) is 0 Å². The van der Waals surface area contributed by atoms with E-state index < -0.39 is 0 Å². The van der Waals surface area contributed by atoms with E-state index in [1.165, 1.54) is 0 Å². The fourth-order valence-corrected chi connectivity index (χ4v) is 0. The monoisotopic (exact) mass is 124 g/mol. The highest BCUT2D eigenvalue weighted by Gasteiger charge is 1.95. The minimum Gasteiger partial charge on any atom is -0.229 e. The Morgan fingerprint density at radius 1 is 1.00 bits per heavy atom. The molecule has 0 saturated carbocycles. The molecule has 46 valence electrons. The lowest BCUT2D eigenvalue weighted by Gasteiger charge is -2.07. The van der Waals surface area contributed by atoms with Gasteiger partial charge in [-0.2, -0.15) is 0 Å². The molecule has 0 radical (unpaired) electrons. The lowest BCUT2D eigenvalue weighted by molar-refractivity contribution is -0.747. The maximum atomic E-state index is 5.47. The predicted octanol–water partition coefficient (Wildman–Crippen LogP) is 1.87. The van der Waals surface area contributed by atoms with Gasteiger partial charge in [0.15, 0.2) is 11.8 Å². The van der Waals surface area contributed by atoms with Gasteiger partial charge in [-0.1, -0.05) is 13.8 Å². The van der Waals surface area contributed by atoms with Crippen LogP contribution in [-0.2, 0) is 0 Å². The first kappa shape index (κ1) is 10.3. The fourth-order valence-electron chi connectivity index (χ4n) is 0. The summed E-state index contributed by atoms with van der Waals surface area (Å²) in [6.45, 7) is 4.00. The molecule has 0 atom stereocenters. The normalized spacial score (nSPS) is 9.43. The van der Waals surface area contributed by atoms with Crippen molar-refractivity contribution in [3.05, 3.63) is 0 Å². The van der Waals surface area contributed by atoms with Gasteiger partial charge < -0.3 is 0 Å². The van der Waals surface area contributed by atoms with Gasteiger partial charge >= 0.3 is 0 Å². The average molecular weight is 125 g/mol. The Hall–Kier alpha value is 0.250. The number of hydrogen-bond acceptors (Lipinski definition) is 0. The van der Waals surface area contributed by atoms with Crippen LogP contribution in [-0.4, -0.2) is 25.1 Å². The van der Waals surface area contributed by atoms with Crippen LogP contribution in [0.4, 0.5) is 0 Å². The molecule has 0 spiro atoms. The van der Waals surface area contributed by atoms with Crippen molar-refractivity contribution in [2.24, 2.45) is 0 Å². The van der Waals surface area contributed by atoms with Gasteiger partial charge in [-0.15, -0.1) is 0 Å². The quantitative estimate of drug-likeness (QED) is 0.433. The minimum absolute atomic E-state index is 0.472. The summed E-state index contributed by atoms with van der Waals surface area (Å²) in [5, 5.41) is 0. The zero-order chi connectivity index (χ0) is 6.50. The maximum Gasteiger partial charge on any atom is 0.164 e. The van der Waals surface area contributed by atoms with Gasteiger partial charge in [-0.3, -0.25) is 0 Å². The minimum atomic E-state index is 0.472. The highest BCUT2D eigenvalue weighted by Crippen LogP contribution is 1.91. The standard InChI is InChI=1S/C3H9ClN.C2H6/c1-5(2,3)4;1-2/h1-3H3;1-2H3/q+1;. The summed E-state index contributed by atoms with van der Waals surface area (Å²) in [6, 6.07) is 0. The summed E-state index contributed by atoms with van der Waals surface area (Å²) >= 11 is 5.47. The van der Waals surface area contributed by atoms with Crippen molar-refractivity contribution in [3.8, 4) is 0 Å². The van der Waals surface area contributed by atoms with Crippen molar-refractivity contribution < 1.29 is 4.00 Å². The van der Waals surface area contributed by atoms with E-state index in [1.54, 1.807) is 0 Å². The molecule has 1 nitrogen and oxygen atoms in total. The van der Waals surface area contributed by atoms with Gasteiger partial charge in [0.25, 0.3) is 0 Å². The van der Waals surface area contributed by atoms with Crippen LogP contribution in [0.2, 0.25) is 0 Å². The topological polar surface area (TPSA) is 0 Å². The largest absolute Gasteiger partial charge is 0.229 e. The summed E-state index contributed by atoms with van der Waals surface area (Å²) in [6.07, 6.45) is 0. The third-order valence-electron chi connectivity index (χ3n) is 0. The van der Waals surface area contributed by atoms with Gasteiger partial charge in [-0.05, 0) is 0 Å². The highest BCUT2D eigenvalue weighted by molar-refractivity contribution is 6.06. The first-order chi connectivity index (χ1) is 3.00. The molecule has 0 amide bonds. The van der Waals surface area contributed by atoms with E-state index in [0.717, 1.165) is 0 Å². The number of rotatable bonds is 0. The smallest absolute Gasteiger partial charge is 0.164 e. The van der Waals surface area contributed by atoms with Crippen LogP contribution in [0.1, 0.15) is 13.8 Å². The summed E-state index contributed by atoms with van der Waals surface area (Å²) < 4.78 is 0.472. The lowest BCUT2D eigenvalue weighted by Crippen LogP contribution is -2.19. The average Bonchev–Trinajstić information content (AvgIpc) is 1.36. The van der Waals surface area contributed by atoms with E-state index in [2.05, 4.69) is 0 Å². The van der Waals surface area contributed by atoms with Crippen LogP contribution in [0.5, 0.6) is 0 Å². The van der Waals surface area contributed by atoms with Crippen molar-refractivity contribution >= 4 is 11.8 Å². The molecule has 0 aliphatic rings. The Balaban J connectivity index is 0. The summed E-state index contributed by atoms with van der Waals surface area (Å²) in [7, 11) is 5.67. The molecule has 0 aliphatic heterocycles. The second-order valence-electron chi connectivity index (χ2n) is 1.85. The van der Waals surface area contributed by atoms with Gasteiger partial charge in [0.2, 0.25) is 0 Å². The van der Waals surface area contributed by atoms with E-state index in [9.17, 15) is 0 Å². The summed E-state index contributed by atoms with van der Waals surface area (Å²) in [5.74, 6) is 0. The number of halogens is 1. The zero-order valence-corrected chi connectivity index (χ0v) is 6.58. The SMILES string of the molecule is CC.C[N+](C)(C)Cl. The van der Waals surface area contributed by atoms with Crippen LogP contribution < -0.4 is 0 Å². The molecule has 0 bridgehead atoms. The molecule has 0 aromatic rings. The van der Waals surface area contributed by atoms with E-state index in [4.69, 9.17) is 11.8 Å². The molecule has 0 heterocycles. The molecule has 0 fully saturated rings. The van der Waals surface area contributed by atoms with Crippen molar-refractivity contribution in [3.63, 3.8) is 0 Å². The summed E-state index contributed by atoms with van der Waals surface area (Å²) in [4.78, 5) is 0. The second kappa shape index (κ2) is 4.41. The van der Waals surface area contributed by atoms with Crippen LogP contribution >= 0.6 is 11.8 Å². The zero-order valence-electron chi connectivity index (χ0n) is 5.83. The Morgan fingerprint density at radius 3 is 1.00 bits per heavy atom. The molecule has 0 N–H and O–H groups in total. The Bertz CT molecular complexity index is 23.6. The molecule has 0 aromatic heterocycles. The highest BCUT2D eigenvalue weighted by atomic mass is 35.5. The van der Waals surface area contributed by atoms with E-state index in [0.29, 0.717) is 4.00 Å². The van der Waals surface area contributed by atoms with Gasteiger partial charge in [-0.25, -0.2) is 4.00 Å². The molecule has 2 heteroatoms. The summed E-state index contributed by atoms with van der Waals surface area (Å²) in [5.41, 5.74) is 0. The van der Waals surface area contributed by atoms with Crippen LogP contribution in [0, 0.1) is 0 Å². The van der Waals surface area contributed by atoms with E-state index in [1.807, 2.05) is 35.0 Å². The van der Waals surface area contributed by atoms with Crippen LogP contribution in [0.25, 0.3) is 0 Å². The molecule has 0 saturated heterocycles. The predicted molar refractivity (Wildman–Crippen MR) is 35.2 cm³/mol. The first-order valence-electron chi connectivity index (χ1n) is 2.51. The third-order valence-corrected chi connectivity index (χ3v) is 0. The fraction of sp³-hybridized carbons (Fsp3) is 1.00. The Labute approximate surface area is 51.6 Å². The van der Waals surface area contributed by atoms with Crippen molar-refractivity contribution in [1.29, 1.82) is 0 Å². The van der Waals surface area contributed by atoms with Crippen LogP contribution in [0.15, 0.2) is 0 Å². The number of quaternary nitrogens is 1. The van der Waals surface area contributed by atoms with Crippen molar-refractivity contribution in [2.45, 2.75) is 13.8 Å². The second-order valence-corrected chi connectivity index (χ2v) is 2.86. The third kappa shape index (κ3) is 1810. The molecule has 0 aliphatic carbocycles. The lowest BCUT2D eigenvalue weighted by atomic mass is 11.0. The molecular formula is C5H15ClN+. The molecule has 7 heavy (non-hydrogen) atoms. The van der Waals surface area contributed by atoms with Crippen molar-refractivity contribution in [2.75, 3.05) is 21.1 Å². The molecule has 0 aromatic carbocycles. The maximum absolute atomic E-state index is 5.47. The Kier molecular flexibility index (Phi) is 6.47. The van der Waals surface area contributed by atoms with E-state index in [-0.39, 0.29) is 0 Å². The molecular weight excluding hydrogens is 110 g/mol. The van der Waals surface area contributed by atoms with Crippen molar-refractivity contribution in [1.82, 2.24) is 0 Å². The Morgan fingerprint density at radius 2 is 1.00 bits per heavy atom. The van der Waals surface area contributed by atoms with Gasteiger partial charge in [0, 0.05) is 0 Å². The molecule has 0 unspecified atom stereocenters.